The third-order valence-electron chi connectivity index (χ3n) is 9.89. The van der Waals surface area contributed by atoms with E-state index < -0.39 is 0 Å². The highest BCUT2D eigenvalue weighted by Gasteiger charge is 2.14. The molecule has 0 aliphatic heterocycles. The Morgan fingerprint density at radius 3 is 1.42 bits per heavy atom. The number of thiazole rings is 2. The van der Waals surface area contributed by atoms with Gasteiger partial charge in [-0.3, -0.25) is 10.9 Å². The van der Waals surface area contributed by atoms with E-state index in [1.165, 1.54) is 22.7 Å². The van der Waals surface area contributed by atoms with E-state index >= 15 is 0 Å². The topological polar surface area (TPSA) is 129 Å². The zero-order valence-corrected chi connectivity index (χ0v) is 35.4. The lowest BCUT2D eigenvalue weighted by atomic mass is 10.1. The van der Waals surface area contributed by atoms with Gasteiger partial charge in [-0.15, -0.1) is 22.7 Å². The molecule has 9 rings (SSSR count). The predicted octanol–water partition coefficient (Wildman–Crippen LogP) is 11.0. The third kappa shape index (κ3) is 9.52. The molecule has 0 amide bonds. The maximum absolute atomic E-state index is 6.10. The fourth-order valence-electron chi connectivity index (χ4n) is 6.65. The molecule has 0 spiro atoms. The summed E-state index contributed by atoms with van der Waals surface area (Å²) in [5.41, 5.74) is 17.8. The Balaban J connectivity index is 0.711. The van der Waals surface area contributed by atoms with Gasteiger partial charge in [-0.2, -0.15) is 20.4 Å². The molecule has 4 aromatic heterocycles. The summed E-state index contributed by atoms with van der Waals surface area (Å²) in [6, 6.07) is 44.0. The Hall–Kier alpha value is -7.68. The molecule has 0 aliphatic carbocycles. The van der Waals surface area contributed by atoms with Crippen LogP contribution in [0, 0.1) is 13.8 Å². The van der Waals surface area contributed by atoms with Crippen LogP contribution in [-0.4, -0.2) is 42.0 Å². The Kier molecular flexibility index (Phi) is 12.0. The van der Waals surface area contributed by atoms with Crippen LogP contribution in [0.5, 0.6) is 11.5 Å². The van der Waals surface area contributed by atoms with Crippen molar-refractivity contribution in [2.45, 2.75) is 27.1 Å². The van der Waals surface area contributed by atoms with E-state index in [1.807, 2.05) is 174 Å². The van der Waals surface area contributed by atoms with E-state index in [2.05, 4.69) is 37.3 Å². The van der Waals surface area contributed by atoms with Crippen LogP contribution >= 0.6 is 22.7 Å². The second-order valence-electron chi connectivity index (χ2n) is 14.1. The molecule has 2 N–H and O–H groups in total. The van der Waals surface area contributed by atoms with Crippen LogP contribution in [0.15, 0.2) is 167 Å². The lowest BCUT2D eigenvalue weighted by molar-refractivity contribution is 0.300. The first-order chi connectivity index (χ1) is 30.5. The minimum atomic E-state index is 0.432. The summed E-state index contributed by atoms with van der Waals surface area (Å²) < 4.78 is 16.0. The Morgan fingerprint density at radius 2 is 0.984 bits per heavy atom. The summed E-state index contributed by atoms with van der Waals surface area (Å²) in [7, 11) is 0. The number of hydrazone groups is 2. The lowest BCUT2D eigenvalue weighted by Crippen LogP contribution is -1.99. The molecule has 0 saturated heterocycles. The maximum Gasteiger partial charge on any atom is 0.203 e. The molecule has 62 heavy (non-hydrogen) atoms. The van der Waals surface area contributed by atoms with E-state index in [0.29, 0.717) is 23.5 Å². The van der Waals surface area contributed by atoms with Crippen LogP contribution in [-0.2, 0) is 13.2 Å². The lowest BCUT2D eigenvalue weighted by Gasteiger charge is -2.10. The van der Waals surface area contributed by atoms with E-state index in [1.54, 1.807) is 12.4 Å². The molecule has 5 aromatic carbocycles. The van der Waals surface area contributed by atoms with Gasteiger partial charge in [0.15, 0.2) is 0 Å². The smallest absolute Gasteiger partial charge is 0.203 e. The number of aromatic nitrogens is 6. The molecule has 0 bridgehead atoms. The number of nitrogens with one attached hydrogen (secondary N) is 2. The van der Waals surface area contributed by atoms with Crippen molar-refractivity contribution in [3.05, 3.63) is 190 Å². The van der Waals surface area contributed by atoms with Crippen LogP contribution in [0.1, 0.15) is 33.6 Å². The molecule has 14 heteroatoms. The van der Waals surface area contributed by atoms with Crippen molar-refractivity contribution in [3.63, 3.8) is 0 Å². The first-order valence-corrected chi connectivity index (χ1v) is 21.5. The first-order valence-electron chi connectivity index (χ1n) is 19.8. The van der Waals surface area contributed by atoms with Gasteiger partial charge in [0.2, 0.25) is 10.3 Å². The highest BCUT2D eigenvalue weighted by Crippen LogP contribution is 2.30. The first kappa shape index (κ1) is 39.8. The van der Waals surface area contributed by atoms with Gasteiger partial charge >= 0.3 is 0 Å². The summed E-state index contributed by atoms with van der Waals surface area (Å²) in [5, 5.41) is 23.3. The molecule has 9 aromatic rings. The molecule has 0 atom stereocenters. The zero-order chi connectivity index (χ0) is 42.1. The summed E-state index contributed by atoms with van der Waals surface area (Å²) >= 11 is 2.99. The molecule has 0 saturated carbocycles. The van der Waals surface area contributed by atoms with Gasteiger partial charge in [0.05, 0.1) is 59.0 Å². The van der Waals surface area contributed by atoms with Crippen LogP contribution < -0.4 is 20.3 Å². The average Bonchev–Trinajstić information content (AvgIpc) is 4.14. The zero-order valence-electron chi connectivity index (χ0n) is 33.8. The normalized spacial score (nSPS) is 11.4. The van der Waals surface area contributed by atoms with Gasteiger partial charge in [-0.1, -0.05) is 54.6 Å². The minimum absolute atomic E-state index is 0.432. The van der Waals surface area contributed by atoms with Crippen molar-refractivity contribution in [1.29, 1.82) is 0 Å². The number of ether oxygens (including phenoxy) is 2. The molecule has 12 nitrogen and oxygen atoms in total. The molecule has 0 unspecified atom stereocenters. The van der Waals surface area contributed by atoms with Crippen molar-refractivity contribution in [1.82, 2.24) is 29.5 Å². The van der Waals surface area contributed by atoms with Gasteiger partial charge in [0, 0.05) is 21.9 Å². The van der Waals surface area contributed by atoms with Crippen molar-refractivity contribution in [3.8, 4) is 45.4 Å². The Morgan fingerprint density at radius 1 is 0.548 bits per heavy atom. The van der Waals surface area contributed by atoms with Crippen LogP contribution in [0.25, 0.3) is 33.9 Å². The fraction of sp³-hybridized carbons (Fsp3) is 0.0833. The van der Waals surface area contributed by atoms with Gasteiger partial charge < -0.3 is 9.47 Å². The van der Waals surface area contributed by atoms with Crippen molar-refractivity contribution >= 4 is 45.4 Å². The van der Waals surface area contributed by atoms with Crippen LogP contribution in [0.3, 0.4) is 0 Å². The average molecular weight is 853 g/mol. The monoisotopic (exact) mass is 852 g/mol. The Bertz CT molecular complexity index is 2740. The van der Waals surface area contributed by atoms with Crippen LogP contribution in [0.4, 0.5) is 10.3 Å². The molecule has 0 fully saturated rings. The van der Waals surface area contributed by atoms with E-state index in [4.69, 9.17) is 19.4 Å². The van der Waals surface area contributed by atoms with Crippen molar-refractivity contribution < 1.29 is 9.47 Å². The summed E-state index contributed by atoms with van der Waals surface area (Å²) in [6.07, 6.45) is 7.22. The number of anilines is 2. The van der Waals surface area contributed by atoms with Gasteiger partial charge in [-0.25, -0.2) is 19.3 Å². The molecular formula is C48H40N10O2S2. The van der Waals surface area contributed by atoms with Gasteiger partial charge in [-0.05, 0) is 115 Å². The molecule has 306 valence electrons. The molecular weight excluding hydrogens is 813 g/mol. The van der Waals surface area contributed by atoms with Crippen LogP contribution in [0.2, 0.25) is 0 Å². The predicted molar refractivity (Wildman–Crippen MR) is 249 cm³/mol. The number of benzene rings is 5. The summed E-state index contributed by atoms with van der Waals surface area (Å²) in [4.78, 5) is 9.44. The maximum atomic E-state index is 6.10. The van der Waals surface area contributed by atoms with Gasteiger partial charge in [0.25, 0.3) is 0 Å². The highest BCUT2D eigenvalue weighted by molar-refractivity contribution is 7.14. The second kappa shape index (κ2) is 18.7. The largest absolute Gasteiger partial charge is 0.489 e. The Labute approximate surface area is 366 Å². The molecule has 0 aliphatic rings. The van der Waals surface area contributed by atoms with Crippen molar-refractivity contribution in [2.75, 3.05) is 10.9 Å². The van der Waals surface area contributed by atoms with E-state index in [-0.39, 0.29) is 0 Å². The summed E-state index contributed by atoms with van der Waals surface area (Å²) in [5.74, 6) is 1.54. The fourth-order valence-corrected chi connectivity index (χ4v) is 7.96. The number of nitrogens with zero attached hydrogens (tertiary/aromatic N) is 8. The van der Waals surface area contributed by atoms with E-state index in [9.17, 15) is 0 Å². The number of rotatable bonds is 16. The quantitative estimate of drug-likeness (QED) is 0.0726. The number of hydrogen-bond donors (Lipinski definition) is 2. The standard InChI is InChI=1S/C48H40N10O2S2/c1-33-43(27-51-57(33)39-12-5-3-6-13-39)45-31-61-47(53-45)55-49-25-35-16-20-41(21-17-35)59-29-37-10-9-11-38(24-37)30-60-42-22-18-36(19-23-42)26-50-56-48-54-46(32-62-48)44-28-52-58(34(44)2)40-14-7-4-8-15-40/h3-28,31-32H,29-30H2,1-2H3,(H,53,55)(H,54,56)/b49-25+,50-26+. The highest BCUT2D eigenvalue weighted by atomic mass is 32.1. The number of para-hydroxylation sites is 2. The SMILES string of the molecule is Cc1c(-c2csc(N/N=C/c3ccc(OCc4cccc(COc5ccc(/C=N/Nc6nc(-c7cnn(-c8ccccc8)c7C)cs6)cc5)c4)cc3)n2)cnn1-c1ccccc1. The van der Waals surface area contributed by atoms with Crippen molar-refractivity contribution in [2.24, 2.45) is 10.2 Å². The number of hydrogen-bond acceptors (Lipinski definition) is 12. The summed E-state index contributed by atoms with van der Waals surface area (Å²) in [6.45, 7) is 4.96. The van der Waals surface area contributed by atoms with Gasteiger partial charge in [0.1, 0.15) is 24.7 Å². The van der Waals surface area contributed by atoms with E-state index in [0.717, 1.165) is 79.0 Å². The third-order valence-corrected chi connectivity index (χ3v) is 11.4. The molecule has 4 heterocycles. The molecule has 0 radical (unpaired) electrons. The second-order valence-corrected chi connectivity index (χ2v) is 15.8. The minimum Gasteiger partial charge on any atom is -0.489 e.